The van der Waals surface area contributed by atoms with Gasteiger partial charge >= 0.3 is 5.97 Å². The molecule has 40 heavy (non-hydrogen) atoms. The lowest BCUT2D eigenvalue weighted by Gasteiger charge is -2.27. The van der Waals surface area contributed by atoms with E-state index in [2.05, 4.69) is 29.2 Å². The number of carbonyl (C=O) groups is 1. The average molecular weight is 575 g/mol. The normalized spacial score (nSPS) is 13.3. The molecule has 0 bridgehead atoms. The predicted molar refractivity (Wildman–Crippen MR) is 161 cm³/mol. The van der Waals surface area contributed by atoms with Crippen LogP contribution in [-0.2, 0) is 30.9 Å². The molecule has 0 N–H and O–H groups in total. The predicted octanol–water partition coefficient (Wildman–Crippen LogP) is 7.47. The van der Waals surface area contributed by atoms with Gasteiger partial charge in [0.1, 0.15) is 11.6 Å². The van der Waals surface area contributed by atoms with Gasteiger partial charge < -0.3 is 14.2 Å². The molecule has 3 aromatic carbocycles. The molecule has 0 aliphatic carbocycles. The van der Waals surface area contributed by atoms with Gasteiger partial charge in [-0.2, -0.15) is 0 Å². The van der Waals surface area contributed by atoms with Crippen LogP contribution in [0, 0.1) is 0 Å². The summed E-state index contributed by atoms with van der Waals surface area (Å²) in [5.74, 6) is 0.880. The lowest BCUT2D eigenvalue weighted by molar-refractivity contribution is 0.0526. The lowest BCUT2D eigenvalue weighted by atomic mass is 10.0. The molecule has 0 atom stereocenters. The Labute approximate surface area is 243 Å². The van der Waals surface area contributed by atoms with Crippen molar-refractivity contribution < 1.29 is 19.0 Å². The third-order valence-corrected chi connectivity index (χ3v) is 8.20. The van der Waals surface area contributed by atoms with Crippen molar-refractivity contribution in [3.05, 3.63) is 111 Å². The molecule has 0 unspecified atom stereocenters. The van der Waals surface area contributed by atoms with Gasteiger partial charge in [0.15, 0.2) is 11.5 Å². The summed E-state index contributed by atoms with van der Waals surface area (Å²) in [6.07, 6.45) is 2.54. The van der Waals surface area contributed by atoms with E-state index in [9.17, 15) is 4.79 Å². The monoisotopic (exact) mass is 574 g/mol. The second kappa shape index (κ2) is 13.1. The number of ether oxygens (including phenoxy) is 3. The van der Waals surface area contributed by atoms with Crippen LogP contribution in [0.4, 0.5) is 5.00 Å². The van der Waals surface area contributed by atoms with Crippen LogP contribution in [-0.4, -0.2) is 37.3 Å². The van der Waals surface area contributed by atoms with Gasteiger partial charge in [-0.1, -0.05) is 60.1 Å². The molecule has 0 saturated heterocycles. The molecule has 4 aromatic rings. The van der Waals surface area contributed by atoms with Crippen molar-refractivity contribution in [3.63, 3.8) is 0 Å². The van der Waals surface area contributed by atoms with Crippen LogP contribution >= 0.6 is 22.9 Å². The van der Waals surface area contributed by atoms with Crippen molar-refractivity contribution in [2.75, 3.05) is 20.3 Å². The molecule has 1 aliphatic heterocycles. The van der Waals surface area contributed by atoms with Gasteiger partial charge in [0, 0.05) is 41.3 Å². The first kappa shape index (κ1) is 27.9. The standard InChI is InChI=1S/C32H31ClN2O4S/c1-3-38-32(36)30-25-15-16-35(19-22-9-5-4-6-10-22)20-29(25)40-31(30)34-18-23-13-14-27(28(17-23)37-2)39-21-24-11-7-8-12-26(24)33/h4-14,17-18H,3,15-16,19-21H2,1-2H3. The highest BCUT2D eigenvalue weighted by Gasteiger charge is 2.28. The van der Waals surface area contributed by atoms with E-state index in [1.165, 1.54) is 10.4 Å². The van der Waals surface area contributed by atoms with Crippen molar-refractivity contribution in [1.82, 2.24) is 4.90 Å². The average Bonchev–Trinajstić information content (AvgIpc) is 3.34. The van der Waals surface area contributed by atoms with Gasteiger partial charge in [-0.25, -0.2) is 9.79 Å². The Morgan fingerprint density at radius 1 is 1.07 bits per heavy atom. The fraction of sp³-hybridized carbons (Fsp3) is 0.250. The maximum absolute atomic E-state index is 13.0. The second-order valence-corrected chi connectivity index (χ2v) is 10.9. The number of fused-ring (bicyclic) bond motifs is 1. The highest BCUT2D eigenvalue weighted by Crippen LogP contribution is 2.40. The minimum Gasteiger partial charge on any atom is -0.493 e. The highest BCUT2D eigenvalue weighted by molar-refractivity contribution is 7.16. The quantitative estimate of drug-likeness (QED) is 0.145. The molecular formula is C32H31ClN2O4S. The highest BCUT2D eigenvalue weighted by atomic mass is 35.5. The van der Waals surface area contributed by atoms with E-state index >= 15 is 0 Å². The summed E-state index contributed by atoms with van der Waals surface area (Å²) in [6.45, 7) is 5.00. The van der Waals surface area contributed by atoms with Crippen LogP contribution in [0.15, 0.2) is 77.8 Å². The summed E-state index contributed by atoms with van der Waals surface area (Å²) in [7, 11) is 1.60. The first-order valence-corrected chi connectivity index (χ1v) is 14.4. The SMILES string of the molecule is CCOC(=O)c1c(N=Cc2ccc(OCc3ccccc3Cl)c(OC)c2)sc2c1CCN(Cc1ccccc1)C2. The summed E-state index contributed by atoms with van der Waals surface area (Å²) < 4.78 is 17.0. The Morgan fingerprint density at radius 2 is 1.88 bits per heavy atom. The largest absolute Gasteiger partial charge is 0.493 e. The summed E-state index contributed by atoms with van der Waals surface area (Å²) in [5.41, 5.74) is 4.64. The van der Waals surface area contributed by atoms with Crippen LogP contribution in [0.2, 0.25) is 5.02 Å². The number of methoxy groups -OCH3 is 1. The minimum atomic E-state index is -0.315. The lowest BCUT2D eigenvalue weighted by Crippen LogP contribution is -2.29. The number of esters is 1. The number of benzene rings is 3. The van der Waals surface area contributed by atoms with E-state index < -0.39 is 0 Å². The third kappa shape index (κ3) is 6.55. The summed E-state index contributed by atoms with van der Waals surface area (Å²) in [6, 6.07) is 23.7. The molecule has 2 heterocycles. The first-order chi connectivity index (χ1) is 19.6. The van der Waals surface area contributed by atoms with Crippen LogP contribution in [0.3, 0.4) is 0 Å². The zero-order chi connectivity index (χ0) is 27.9. The van der Waals surface area contributed by atoms with Gasteiger partial charge in [0.25, 0.3) is 0 Å². The maximum atomic E-state index is 13.0. The summed E-state index contributed by atoms with van der Waals surface area (Å²) in [5, 5.41) is 1.33. The zero-order valence-corrected chi connectivity index (χ0v) is 24.1. The van der Waals surface area contributed by atoms with Gasteiger partial charge in [-0.15, -0.1) is 11.3 Å². The van der Waals surface area contributed by atoms with E-state index in [0.29, 0.717) is 40.3 Å². The molecule has 1 aromatic heterocycles. The van der Waals surface area contributed by atoms with E-state index in [4.69, 9.17) is 30.8 Å². The molecular weight excluding hydrogens is 544 g/mol. The number of rotatable bonds is 10. The zero-order valence-electron chi connectivity index (χ0n) is 22.6. The third-order valence-electron chi connectivity index (χ3n) is 6.71. The van der Waals surface area contributed by atoms with Gasteiger partial charge in [-0.3, -0.25) is 4.90 Å². The number of hydrogen-bond donors (Lipinski definition) is 0. The number of aliphatic imine (C=N–C) groups is 1. The molecule has 0 spiro atoms. The Kier molecular flexibility index (Phi) is 9.16. The van der Waals surface area contributed by atoms with E-state index in [1.807, 2.05) is 55.5 Å². The van der Waals surface area contributed by atoms with Crippen LogP contribution in [0.25, 0.3) is 0 Å². The molecule has 1 aliphatic rings. The van der Waals surface area contributed by atoms with Crippen LogP contribution in [0.5, 0.6) is 11.5 Å². The second-order valence-electron chi connectivity index (χ2n) is 9.40. The van der Waals surface area contributed by atoms with Gasteiger partial charge in [0.05, 0.1) is 19.3 Å². The Hall–Kier alpha value is -3.65. The smallest absolute Gasteiger partial charge is 0.341 e. The van der Waals surface area contributed by atoms with E-state index in [-0.39, 0.29) is 5.97 Å². The molecule has 0 amide bonds. The topological polar surface area (TPSA) is 60.4 Å². The molecule has 6 nitrogen and oxygen atoms in total. The Balaban J connectivity index is 1.35. The van der Waals surface area contributed by atoms with Crippen LogP contribution in [0.1, 0.15) is 44.4 Å². The Morgan fingerprint density at radius 3 is 2.65 bits per heavy atom. The maximum Gasteiger partial charge on any atom is 0.341 e. The molecule has 0 fully saturated rings. The molecule has 5 rings (SSSR count). The fourth-order valence-corrected chi connectivity index (χ4v) is 6.12. The number of carbonyl (C=O) groups excluding carboxylic acids is 1. The number of hydrogen-bond acceptors (Lipinski definition) is 7. The molecule has 206 valence electrons. The minimum absolute atomic E-state index is 0.315. The summed E-state index contributed by atoms with van der Waals surface area (Å²) >= 11 is 7.82. The fourth-order valence-electron chi connectivity index (χ4n) is 4.71. The van der Waals surface area contributed by atoms with Crippen molar-refractivity contribution in [2.24, 2.45) is 4.99 Å². The van der Waals surface area contributed by atoms with Crippen molar-refractivity contribution in [1.29, 1.82) is 0 Å². The molecule has 0 saturated carbocycles. The van der Waals surface area contributed by atoms with Gasteiger partial charge in [0.2, 0.25) is 0 Å². The summed E-state index contributed by atoms with van der Waals surface area (Å²) in [4.78, 5) is 21.3. The number of thiophene rings is 1. The molecule has 0 radical (unpaired) electrons. The molecule has 8 heteroatoms. The van der Waals surface area contributed by atoms with E-state index in [0.717, 1.165) is 42.7 Å². The van der Waals surface area contributed by atoms with Crippen molar-refractivity contribution >= 4 is 40.1 Å². The van der Waals surface area contributed by atoms with E-state index in [1.54, 1.807) is 24.7 Å². The number of nitrogens with zero attached hydrogens (tertiary/aromatic N) is 2. The van der Waals surface area contributed by atoms with Gasteiger partial charge in [-0.05, 0) is 54.3 Å². The number of halogens is 1. The first-order valence-electron chi connectivity index (χ1n) is 13.2. The Bertz CT molecular complexity index is 1500. The van der Waals surface area contributed by atoms with Crippen molar-refractivity contribution in [2.45, 2.75) is 33.0 Å². The van der Waals surface area contributed by atoms with Crippen LogP contribution < -0.4 is 9.47 Å². The van der Waals surface area contributed by atoms with Crippen molar-refractivity contribution in [3.8, 4) is 11.5 Å².